The Bertz CT molecular complexity index is 771. The second-order valence-electron chi connectivity index (χ2n) is 4.12. The fourth-order valence-electron chi connectivity index (χ4n) is 2.02. The molecule has 7 heteroatoms. The van der Waals surface area contributed by atoms with E-state index < -0.39 is 0 Å². The van der Waals surface area contributed by atoms with Gasteiger partial charge in [0, 0.05) is 17.6 Å². The normalized spacial score (nSPS) is 10.8. The lowest BCUT2D eigenvalue weighted by Gasteiger charge is -2.10. The molecule has 1 aromatic carbocycles. The van der Waals surface area contributed by atoms with E-state index in [2.05, 4.69) is 25.5 Å². The number of aromatic amines is 1. The van der Waals surface area contributed by atoms with Gasteiger partial charge in [-0.3, -0.25) is 5.10 Å². The lowest BCUT2D eigenvalue weighted by atomic mass is 10.1. The molecular weight excluding hydrogens is 278 g/mol. The van der Waals surface area contributed by atoms with Crippen molar-refractivity contribution in [3.05, 3.63) is 29.4 Å². The van der Waals surface area contributed by atoms with Crippen molar-refractivity contribution < 1.29 is 4.74 Å². The van der Waals surface area contributed by atoms with Gasteiger partial charge in [0.1, 0.15) is 5.75 Å². The summed E-state index contributed by atoms with van der Waals surface area (Å²) in [5, 5.41) is 11.2. The largest absolute Gasteiger partial charge is 0.496 e. The second kappa shape index (κ2) is 4.97. The summed E-state index contributed by atoms with van der Waals surface area (Å²) in [6.07, 6.45) is 1.68. The second-order valence-corrected chi connectivity index (χ2v) is 4.56. The molecular formula is C13H12ClN5O. The Morgan fingerprint density at radius 3 is 2.90 bits per heavy atom. The lowest BCUT2D eigenvalue weighted by Crippen LogP contribution is -1.99. The molecule has 0 radical (unpaired) electrons. The van der Waals surface area contributed by atoms with Crippen LogP contribution >= 0.6 is 11.6 Å². The van der Waals surface area contributed by atoms with Gasteiger partial charge in [-0.25, -0.2) is 4.98 Å². The van der Waals surface area contributed by atoms with E-state index in [0.717, 1.165) is 10.9 Å². The van der Waals surface area contributed by atoms with E-state index in [1.165, 1.54) is 0 Å². The summed E-state index contributed by atoms with van der Waals surface area (Å²) in [5.41, 5.74) is 2.17. The third-order valence-corrected chi connectivity index (χ3v) is 3.19. The highest BCUT2D eigenvalue weighted by Gasteiger charge is 2.15. The number of nitrogens with zero attached hydrogens (tertiary/aromatic N) is 3. The average molecular weight is 290 g/mol. The molecule has 2 N–H and O–H groups in total. The number of anilines is 1. The SMILES string of the molecule is CNc1nc(-c2cc(Cl)ccc2OC)c2cn[nH]c2n1. The van der Waals surface area contributed by atoms with Crippen LogP contribution in [0.1, 0.15) is 0 Å². The number of methoxy groups -OCH3 is 1. The lowest BCUT2D eigenvalue weighted by molar-refractivity contribution is 0.416. The highest BCUT2D eigenvalue weighted by molar-refractivity contribution is 6.31. The number of benzene rings is 1. The molecule has 0 aliphatic rings. The predicted molar refractivity (Wildman–Crippen MR) is 78.2 cm³/mol. The van der Waals surface area contributed by atoms with Crippen molar-refractivity contribution in [1.82, 2.24) is 20.2 Å². The van der Waals surface area contributed by atoms with Gasteiger partial charge in [-0.2, -0.15) is 10.1 Å². The van der Waals surface area contributed by atoms with Gasteiger partial charge in [-0.15, -0.1) is 0 Å². The van der Waals surface area contributed by atoms with Crippen molar-refractivity contribution >= 4 is 28.6 Å². The van der Waals surface area contributed by atoms with E-state index in [1.807, 2.05) is 12.1 Å². The number of rotatable bonds is 3. The number of H-pyrrole nitrogens is 1. The van der Waals surface area contributed by atoms with Crippen LogP contribution in [-0.4, -0.2) is 34.3 Å². The minimum Gasteiger partial charge on any atom is -0.496 e. The first kappa shape index (κ1) is 12.7. The number of hydrogen-bond acceptors (Lipinski definition) is 5. The van der Waals surface area contributed by atoms with Crippen molar-refractivity contribution in [1.29, 1.82) is 0 Å². The number of aromatic nitrogens is 4. The maximum Gasteiger partial charge on any atom is 0.225 e. The minimum atomic E-state index is 0.499. The Morgan fingerprint density at radius 2 is 2.15 bits per heavy atom. The molecule has 3 aromatic rings. The summed E-state index contributed by atoms with van der Waals surface area (Å²) >= 11 is 6.08. The molecule has 20 heavy (non-hydrogen) atoms. The molecule has 0 saturated carbocycles. The van der Waals surface area contributed by atoms with Crippen molar-refractivity contribution in [2.75, 3.05) is 19.5 Å². The summed E-state index contributed by atoms with van der Waals surface area (Å²) in [4.78, 5) is 8.79. The van der Waals surface area contributed by atoms with Crippen LogP contribution in [0.5, 0.6) is 5.75 Å². The van der Waals surface area contributed by atoms with Gasteiger partial charge in [0.2, 0.25) is 5.95 Å². The zero-order valence-electron chi connectivity index (χ0n) is 10.9. The Labute approximate surface area is 120 Å². The van der Waals surface area contributed by atoms with Gasteiger partial charge in [-0.05, 0) is 18.2 Å². The van der Waals surface area contributed by atoms with Gasteiger partial charge < -0.3 is 10.1 Å². The van der Waals surface area contributed by atoms with Crippen LogP contribution in [-0.2, 0) is 0 Å². The number of ether oxygens (including phenoxy) is 1. The molecule has 0 spiro atoms. The Kier molecular flexibility index (Phi) is 3.15. The van der Waals surface area contributed by atoms with Gasteiger partial charge in [0.25, 0.3) is 0 Å². The van der Waals surface area contributed by atoms with Crippen LogP contribution in [0.2, 0.25) is 5.02 Å². The topological polar surface area (TPSA) is 75.7 Å². The van der Waals surface area contributed by atoms with E-state index in [1.54, 1.807) is 26.4 Å². The molecule has 0 bridgehead atoms. The molecule has 0 fully saturated rings. The van der Waals surface area contributed by atoms with E-state index in [4.69, 9.17) is 16.3 Å². The van der Waals surface area contributed by atoms with Crippen LogP contribution < -0.4 is 10.1 Å². The monoisotopic (exact) mass is 289 g/mol. The maximum absolute atomic E-state index is 6.08. The number of hydrogen-bond donors (Lipinski definition) is 2. The third kappa shape index (κ3) is 2.04. The summed E-state index contributed by atoms with van der Waals surface area (Å²) in [6, 6.07) is 5.40. The fourth-order valence-corrected chi connectivity index (χ4v) is 2.19. The van der Waals surface area contributed by atoms with Gasteiger partial charge in [0.15, 0.2) is 5.65 Å². The molecule has 0 atom stereocenters. The first-order chi connectivity index (χ1) is 9.72. The molecule has 6 nitrogen and oxygen atoms in total. The fraction of sp³-hybridized carbons (Fsp3) is 0.154. The highest BCUT2D eigenvalue weighted by Crippen LogP contribution is 2.35. The quantitative estimate of drug-likeness (QED) is 0.775. The first-order valence-electron chi connectivity index (χ1n) is 5.95. The molecule has 0 aliphatic heterocycles. The van der Waals surface area contributed by atoms with Crippen molar-refractivity contribution in [3.8, 4) is 17.0 Å². The summed E-state index contributed by atoms with van der Waals surface area (Å²) in [5.74, 6) is 1.19. The van der Waals surface area contributed by atoms with E-state index >= 15 is 0 Å². The Balaban J connectivity index is 2.33. The van der Waals surface area contributed by atoms with Gasteiger partial charge >= 0.3 is 0 Å². The Hall–Kier alpha value is -2.34. The third-order valence-electron chi connectivity index (χ3n) is 2.95. The molecule has 0 unspecified atom stereocenters. The molecule has 2 heterocycles. The standard InChI is InChI=1S/C13H12ClN5O/c1-15-13-17-11(9-6-16-19-12(9)18-13)8-5-7(14)3-4-10(8)20-2/h3-6H,1-2H3,(H2,15,16,17,18,19). The number of halogens is 1. The van der Waals surface area contributed by atoms with Crippen LogP contribution in [0.4, 0.5) is 5.95 Å². The van der Waals surface area contributed by atoms with Crippen LogP contribution in [0.3, 0.4) is 0 Å². The molecule has 0 amide bonds. The van der Waals surface area contributed by atoms with Gasteiger partial charge in [0.05, 0.1) is 24.4 Å². The molecule has 0 saturated heterocycles. The van der Waals surface area contributed by atoms with Crippen molar-refractivity contribution in [2.24, 2.45) is 0 Å². The minimum absolute atomic E-state index is 0.499. The summed E-state index contributed by atoms with van der Waals surface area (Å²) in [6.45, 7) is 0. The van der Waals surface area contributed by atoms with Crippen molar-refractivity contribution in [3.63, 3.8) is 0 Å². The highest BCUT2D eigenvalue weighted by atomic mass is 35.5. The van der Waals surface area contributed by atoms with Crippen LogP contribution in [0.15, 0.2) is 24.4 Å². The summed E-state index contributed by atoms with van der Waals surface area (Å²) in [7, 11) is 3.37. The molecule has 3 rings (SSSR count). The molecule has 2 aromatic heterocycles. The molecule has 102 valence electrons. The van der Waals surface area contributed by atoms with E-state index in [-0.39, 0.29) is 0 Å². The smallest absolute Gasteiger partial charge is 0.225 e. The van der Waals surface area contributed by atoms with Gasteiger partial charge in [-0.1, -0.05) is 11.6 Å². The first-order valence-corrected chi connectivity index (χ1v) is 6.33. The van der Waals surface area contributed by atoms with E-state index in [0.29, 0.717) is 28.1 Å². The van der Waals surface area contributed by atoms with Crippen LogP contribution in [0.25, 0.3) is 22.3 Å². The van der Waals surface area contributed by atoms with E-state index in [9.17, 15) is 0 Å². The zero-order valence-corrected chi connectivity index (χ0v) is 11.7. The van der Waals surface area contributed by atoms with Crippen molar-refractivity contribution in [2.45, 2.75) is 0 Å². The average Bonchev–Trinajstić information content (AvgIpc) is 2.94. The van der Waals surface area contributed by atoms with Crippen LogP contribution in [0, 0.1) is 0 Å². The summed E-state index contributed by atoms with van der Waals surface area (Å²) < 4.78 is 5.38. The molecule has 0 aliphatic carbocycles. The Morgan fingerprint density at radius 1 is 1.30 bits per heavy atom. The maximum atomic E-state index is 6.08. The number of fused-ring (bicyclic) bond motifs is 1. The zero-order chi connectivity index (χ0) is 14.1. The number of nitrogens with one attached hydrogen (secondary N) is 2. The predicted octanol–water partition coefficient (Wildman–Crippen LogP) is 2.72.